The highest BCUT2D eigenvalue weighted by Crippen LogP contribution is 2.29. The van der Waals surface area contributed by atoms with E-state index in [0.29, 0.717) is 0 Å². The number of nitrogen functional groups attached to an aromatic ring is 1. The van der Waals surface area contributed by atoms with Crippen LogP contribution in [0, 0.1) is 11.6 Å². The number of hydrogen-bond acceptors (Lipinski definition) is 3. The van der Waals surface area contributed by atoms with Crippen LogP contribution >= 0.6 is 27.5 Å². The standard InChI is InChI=1S/C12H8BrClF2N2O2S/c13-7-4-9(16)12(5-10(7)17)21(19,20)18-11-3-6(15)1-2-8(11)14/h1-5,18H,17H2. The fourth-order valence-electron chi connectivity index (χ4n) is 1.53. The Hall–Kier alpha value is -1.38. The zero-order valence-corrected chi connectivity index (χ0v) is 13.4. The average Bonchev–Trinajstić information content (AvgIpc) is 2.37. The van der Waals surface area contributed by atoms with Crippen molar-refractivity contribution in [3.8, 4) is 0 Å². The number of halogens is 4. The highest BCUT2D eigenvalue weighted by Gasteiger charge is 2.22. The minimum atomic E-state index is -4.30. The van der Waals surface area contributed by atoms with Crippen molar-refractivity contribution in [2.45, 2.75) is 4.90 Å². The number of hydrogen-bond donors (Lipinski definition) is 2. The molecular weight excluding hydrogens is 390 g/mol. The SMILES string of the molecule is Nc1cc(S(=O)(=O)Nc2cc(F)ccc2Cl)c(F)cc1Br. The van der Waals surface area contributed by atoms with Crippen LogP contribution in [0.1, 0.15) is 0 Å². The average molecular weight is 398 g/mol. The number of rotatable bonds is 3. The number of benzene rings is 2. The zero-order chi connectivity index (χ0) is 15.8. The van der Waals surface area contributed by atoms with Gasteiger partial charge in [-0.25, -0.2) is 17.2 Å². The quantitative estimate of drug-likeness (QED) is 0.775. The molecule has 2 rings (SSSR count). The van der Waals surface area contributed by atoms with Crippen molar-refractivity contribution in [1.82, 2.24) is 0 Å². The van der Waals surface area contributed by atoms with Crippen LogP contribution in [0.5, 0.6) is 0 Å². The van der Waals surface area contributed by atoms with Crippen LogP contribution in [0.3, 0.4) is 0 Å². The van der Waals surface area contributed by atoms with Crippen molar-refractivity contribution in [3.05, 3.63) is 51.5 Å². The third-order valence-corrected chi connectivity index (χ3v) is 4.91. The maximum atomic E-state index is 13.8. The summed E-state index contributed by atoms with van der Waals surface area (Å²) in [4.78, 5) is -0.663. The molecular formula is C12H8BrClF2N2O2S. The van der Waals surface area contributed by atoms with Gasteiger partial charge < -0.3 is 5.73 Å². The van der Waals surface area contributed by atoms with Gasteiger partial charge in [0.05, 0.1) is 10.7 Å². The summed E-state index contributed by atoms with van der Waals surface area (Å²) in [7, 11) is -4.30. The van der Waals surface area contributed by atoms with E-state index >= 15 is 0 Å². The number of nitrogens with two attached hydrogens (primary N) is 1. The van der Waals surface area contributed by atoms with E-state index in [2.05, 4.69) is 15.9 Å². The van der Waals surface area contributed by atoms with Gasteiger partial charge in [0, 0.05) is 10.2 Å². The van der Waals surface area contributed by atoms with Gasteiger partial charge in [0.15, 0.2) is 0 Å². The lowest BCUT2D eigenvalue weighted by molar-refractivity contribution is 0.570. The highest BCUT2D eigenvalue weighted by molar-refractivity contribution is 9.10. The molecule has 9 heteroatoms. The first-order valence-electron chi connectivity index (χ1n) is 5.43. The van der Waals surface area contributed by atoms with E-state index in [1.54, 1.807) is 0 Å². The van der Waals surface area contributed by atoms with Crippen LogP contribution in [0.15, 0.2) is 39.7 Å². The third-order valence-electron chi connectivity index (χ3n) is 2.51. The van der Waals surface area contributed by atoms with Gasteiger partial charge in [0.1, 0.15) is 16.5 Å². The molecule has 21 heavy (non-hydrogen) atoms. The smallest absolute Gasteiger partial charge is 0.264 e. The van der Waals surface area contributed by atoms with Crippen molar-refractivity contribution < 1.29 is 17.2 Å². The fraction of sp³-hybridized carbons (Fsp3) is 0. The Morgan fingerprint density at radius 2 is 1.86 bits per heavy atom. The second kappa shape index (κ2) is 5.78. The van der Waals surface area contributed by atoms with E-state index < -0.39 is 26.6 Å². The first-order valence-corrected chi connectivity index (χ1v) is 8.08. The van der Waals surface area contributed by atoms with Crippen LogP contribution in [-0.4, -0.2) is 8.42 Å². The van der Waals surface area contributed by atoms with E-state index in [1.165, 1.54) is 6.07 Å². The summed E-state index contributed by atoms with van der Waals surface area (Å²) >= 11 is 8.75. The molecule has 0 heterocycles. The minimum Gasteiger partial charge on any atom is -0.398 e. The molecule has 0 unspecified atom stereocenters. The summed E-state index contributed by atoms with van der Waals surface area (Å²) in [5.41, 5.74) is 5.39. The van der Waals surface area contributed by atoms with Crippen molar-refractivity contribution in [2.24, 2.45) is 0 Å². The maximum Gasteiger partial charge on any atom is 0.264 e. The Labute approximate surface area is 133 Å². The van der Waals surface area contributed by atoms with Gasteiger partial charge in [0.2, 0.25) is 0 Å². The molecule has 4 nitrogen and oxygen atoms in total. The van der Waals surface area contributed by atoms with Crippen molar-refractivity contribution >= 4 is 48.9 Å². The second-order valence-corrected chi connectivity index (χ2v) is 6.95. The summed E-state index contributed by atoms with van der Waals surface area (Å²) in [6, 6.07) is 5.02. The lowest BCUT2D eigenvalue weighted by atomic mass is 10.3. The van der Waals surface area contributed by atoms with Gasteiger partial charge in [-0.1, -0.05) is 11.6 Å². The summed E-state index contributed by atoms with van der Waals surface area (Å²) < 4.78 is 53.5. The molecule has 0 saturated heterocycles. The van der Waals surface area contributed by atoms with Crippen LogP contribution in [-0.2, 0) is 10.0 Å². The lowest BCUT2D eigenvalue weighted by Crippen LogP contribution is -2.15. The topological polar surface area (TPSA) is 72.2 Å². The van der Waals surface area contributed by atoms with E-state index in [4.69, 9.17) is 17.3 Å². The molecule has 0 atom stereocenters. The molecule has 0 radical (unpaired) electrons. The molecule has 0 aromatic heterocycles. The Morgan fingerprint density at radius 1 is 1.19 bits per heavy atom. The molecule has 0 aliphatic heterocycles. The molecule has 0 fully saturated rings. The maximum absolute atomic E-state index is 13.8. The Balaban J connectivity index is 2.48. The fourth-order valence-corrected chi connectivity index (χ4v) is 3.23. The Kier molecular flexibility index (Phi) is 4.40. The van der Waals surface area contributed by atoms with Gasteiger partial charge >= 0.3 is 0 Å². The first-order chi connectivity index (χ1) is 9.70. The van der Waals surface area contributed by atoms with Gasteiger partial charge in [-0.15, -0.1) is 0 Å². The molecule has 2 aromatic carbocycles. The molecule has 112 valence electrons. The third kappa shape index (κ3) is 3.45. The lowest BCUT2D eigenvalue weighted by Gasteiger charge is -2.11. The molecule has 2 aromatic rings. The summed E-state index contributed by atoms with van der Waals surface area (Å²) in [5.74, 6) is -1.69. The monoisotopic (exact) mass is 396 g/mol. The van der Waals surface area contributed by atoms with E-state index in [-0.39, 0.29) is 20.9 Å². The van der Waals surface area contributed by atoms with Gasteiger partial charge in [-0.2, -0.15) is 0 Å². The van der Waals surface area contributed by atoms with Crippen LogP contribution in [0.25, 0.3) is 0 Å². The Morgan fingerprint density at radius 3 is 2.52 bits per heavy atom. The van der Waals surface area contributed by atoms with Crippen molar-refractivity contribution in [2.75, 3.05) is 10.5 Å². The van der Waals surface area contributed by atoms with Crippen LogP contribution in [0.4, 0.5) is 20.2 Å². The molecule has 0 aliphatic rings. The second-order valence-electron chi connectivity index (χ2n) is 4.03. The molecule has 0 aliphatic carbocycles. The number of sulfonamides is 1. The minimum absolute atomic E-state index is 0.0227. The zero-order valence-electron chi connectivity index (χ0n) is 10.2. The van der Waals surface area contributed by atoms with Gasteiger partial charge in [-0.3, -0.25) is 4.72 Å². The highest BCUT2D eigenvalue weighted by atomic mass is 79.9. The molecule has 0 bridgehead atoms. The molecule has 0 saturated carbocycles. The summed E-state index contributed by atoms with van der Waals surface area (Å²) in [6.07, 6.45) is 0. The predicted molar refractivity (Wildman–Crippen MR) is 80.7 cm³/mol. The van der Waals surface area contributed by atoms with Crippen LogP contribution in [0.2, 0.25) is 5.02 Å². The summed E-state index contributed by atoms with van der Waals surface area (Å²) in [5, 5.41) is -0.0227. The predicted octanol–water partition coefficient (Wildman–Crippen LogP) is 3.76. The molecule has 0 amide bonds. The largest absolute Gasteiger partial charge is 0.398 e. The van der Waals surface area contributed by atoms with Gasteiger partial charge in [0.25, 0.3) is 10.0 Å². The normalized spacial score (nSPS) is 11.4. The Bertz CT molecular complexity index is 815. The molecule has 3 N–H and O–H groups in total. The van der Waals surface area contributed by atoms with E-state index in [0.717, 1.165) is 24.3 Å². The number of anilines is 2. The van der Waals surface area contributed by atoms with E-state index in [1.807, 2.05) is 4.72 Å². The van der Waals surface area contributed by atoms with E-state index in [9.17, 15) is 17.2 Å². The van der Waals surface area contributed by atoms with Crippen LogP contribution < -0.4 is 10.5 Å². The summed E-state index contributed by atoms with van der Waals surface area (Å²) in [6.45, 7) is 0. The molecule has 0 spiro atoms. The van der Waals surface area contributed by atoms with Crippen molar-refractivity contribution in [3.63, 3.8) is 0 Å². The van der Waals surface area contributed by atoms with Gasteiger partial charge in [-0.05, 0) is 46.3 Å². The number of nitrogens with one attached hydrogen (secondary N) is 1. The van der Waals surface area contributed by atoms with Crippen molar-refractivity contribution in [1.29, 1.82) is 0 Å². The first kappa shape index (κ1) is 16.0.